The first-order valence-corrected chi connectivity index (χ1v) is 10.3. The molecule has 2 rings (SSSR count). The van der Waals surface area contributed by atoms with Gasteiger partial charge in [0.25, 0.3) is 5.95 Å². The van der Waals surface area contributed by atoms with Crippen LogP contribution >= 0.6 is 0 Å². The maximum absolute atomic E-state index is 6.15. The van der Waals surface area contributed by atoms with Crippen LogP contribution in [0.5, 0.6) is 0 Å². The van der Waals surface area contributed by atoms with Gasteiger partial charge in [0.15, 0.2) is 0 Å². The molecule has 0 amide bonds. The van der Waals surface area contributed by atoms with Gasteiger partial charge in [0, 0.05) is 12.0 Å². The Bertz CT molecular complexity index is 510. The lowest BCUT2D eigenvalue weighted by molar-refractivity contribution is 0.00576. The number of aryl methyl sites for hydroxylation is 1. The van der Waals surface area contributed by atoms with Gasteiger partial charge in [-0.2, -0.15) is 0 Å². The highest BCUT2D eigenvalue weighted by Crippen LogP contribution is 2.41. The normalized spacial score (nSPS) is 18.4. The topological polar surface area (TPSA) is 18.5 Å². The lowest BCUT2D eigenvalue weighted by atomic mass is 9.94. The summed E-state index contributed by atoms with van der Waals surface area (Å²) in [5.41, 5.74) is 3.56. The maximum Gasteiger partial charge on any atom is 0.269 e. The summed E-state index contributed by atoms with van der Waals surface area (Å²) in [6.07, 6.45) is 0.900. The van der Waals surface area contributed by atoms with Crippen LogP contribution in [0.1, 0.15) is 31.4 Å². The Morgan fingerprint density at radius 1 is 1.16 bits per heavy atom. The van der Waals surface area contributed by atoms with Gasteiger partial charge in [-0.15, -0.1) is 0 Å². The van der Waals surface area contributed by atoms with Crippen molar-refractivity contribution >= 4 is 13.9 Å². The molecule has 0 spiro atoms. The van der Waals surface area contributed by atoms with E-state index in [9.17, 15) is 0 Å². The minimum Gasteiger partial charge on any atom is -0.519 e. The Morgan fingerprint density at radius 2 is 1.79 bits per heavy atom. The zero-order valence-corrected chi connectivity index (χ0v) is 13.8. The third-order valence-electron chi connectivity index (χ3n) is 3.09. The lowest BCUT2D eigenvalue weighted by Gasteiger charge is -2.24. The van der Waals surface area contributed by atoms with Crippen LogP contribution in [-0.2, 0) is 9.16 Å². The molecule has 0 fully saturated rings. The predicted molar refractivity (Wildman–Crippen MR) is 82.3 cm³/mol. The van der Waals surface area contributed by atoms with E-state index in [2.05, 4.69) is 64.7 Å². The van der Waals surface area contributed by atoms with Gasteiger partial charge in [0.05, 0.1) is 0 Å². The van der Waals surface area contributed by atoms with Gasteiger partial charge in [0.1, 0.15) is 5.60 Å². The third kappa shape index (κ3) is 3.41. The Morgan fingerprint density at radius 3 is 2.37 bits per heavy atom. The van der Waals surface area contributed by atoms with E-state index >= 15 is 0 Å². The molecule has 0 N–H and O–H groups in total. The molecule has 2 nitrogen and oxygen atoms in total. The van der Waals surface area contributed by atoms with Crippen molar-refractivity contribution in [1.82, 2.24) is 0 Å². The summed E-state index contributed by atoms with van der Waals surface area (Å²) < 4.78 is 12.2. The molecule has 1 aliphatic rings. The van der Waals surface area contributed by atoms with Crippen LogP contribution in [-0.4, -0.2) is 13.9 Å². The Kier molecular flexibility index (Phi) is 3.52. The Balaban J connectivity index is 2.43. The third-order valence-corrected chi connectivity index (χ3v) is 3.88. The first kappa shape index (κ1) is 14.2. The second-order valence-electron chi connectivity index (χ2n) is 6.83. The molecule has 19 heavy (non-hydrogen) atoms. The van der Waals surface area contributed by atoms with E-state index in [-0.39, 0.29) is 5.60 Å². The number of ether oxygens (including phenoxy) is 1. The fraction of sp³-hybridized carbons (Fsp3) is 0.500. The number of hydrogen-bond acceptors (Lipinski definition) is 2. The van der Waals surface area contributed by atoms with Crippen molar-refractivity contribution in [2.75, 3.05) is 0 Å². The second-order valence-corrected chi connectivity index (χ2v) is 11.3. The van der Waals surface area contributed by atoms with Crippen molar-refractivity contribution in [1.29, 1.82) is 0 Å². The monoisotopic (exact) mass is 276 g/mol. The van der Waals surface area contributed by atoms with Gasteiger partial charge in [-0.25, -0.2) is 0 Å². The number of benzene rings is 1. The van der Waals surface area contributed by atoms with Gasteiger partial charge in [-0.3, -0.25) is 0 Å². The van der Waals surface area contributed by atoms with Crippen LogP contribution in [0, 0.1) is 6.92 Å². The average Bonchev–Trinajstić information content (AvgIpc) is 2.51. The molecule has 1 aromatic carbocycles. The molecule has 0 atom stereocenters. The second kappa shape index (κ2) is 4.71. The summed E-state index contributed by atoms with van der Waals surface area (Å²) in [6, 6.07) is 8.44. The summed E-state index contributed by atoms with van der Waals surface area (Å²) in [7, 11) is -1.66. The minimum atomic E-state index is -1.66. The smallest absolute Gasteiger partial charge is 0.269 e. The molecule has 0 unspecified atom stereocenters. The molecule has 0 bridgehead atoms. The Hall–Kier alpha value is -1.22. The van der Waals surface area contributed by atoms with E-state index < -0.39 is 8.32 Å². The van der Waals surface area contributed by atoms with E-state index in [1.807, 2.05) is 0 Å². The highest BCUT2D eigenvalue weighted by molar-refractivity contribution is 6.70. The van der Waals surface area contributed by atoms with Gasteiger partial charge in [-0.05, 0) is 51.5 Å². The quantitative estimate of drug-likeness (QED) is 0.744. The van der Waals surface area contributed by atoms with Crippen LogP contribution < -0.4 is 0 Å². The summed E-state index contributed by atoms with van der Waals surface area (Å²) >= 11 is 0. The first-order chi connectivity index (χ1) is 8.68. The van der Waals surface area contributed by atoms with E-state index in [0.717, 1.165) is 12.4 Å². The fourth-order valence-electron chi connectivity index (χ4n) is 2.32. The van der Waals surface area contributed by atoms with E-state index in [0.29, 0.717) is 0 Å². The van der Waals surface area contributed by atoms with Crippen molar-refractivity contribution in [2.45, 2.75) is 52.4 Å². The number of rotatable bonds is 3. The SMILES string of the molecule is Cc1ccccc1C1=C(O[Si](C)(C)C)OC(C)(C)C1. The summed E-state index contributed by atoms with van der Waals surface area (Å²) in [5, 5.41) is 0. The van der Waals surface area contributed by atoms with Crippen molar-refractivity contribution in [2.24, 2.45) is 0 Å². The molecule has 3 heteroatoms. The highest BCUT2D eigenvalue weighted by Gasteiger charge is 2.36. The predicted octanol–water partition coefficient (Wildman–Crippen LogP) is 4.71. The van der Waals surface area contributed by atoms with Crippen molar-refractivity contribution < 1.29 is 9.16 Å². The maximum atomic E-state index is 6.15. The molecular formula is C16H24O2Si. The van der Waals surface area contributed by atoms with E-state index in [4.69, 9.17) is 9.16 Å². The van der Waals surface area contributed by atoms with Crippen LogP contribution in [0.25, 0.3) is 5.57 Å². The van der Waals surface area contributed by atoms with Gasteiger partial charge in [0.2, 0.25) is 8.32 Å². The number of hydrogen-bond donors (Lipinski definition) is 0. The summed E-state index contributed by atoms with van der Waals surface area (Å²) in [6.45, 7) is 12.9. The van der Waals surface area contributed by atoms with E-state index in [1.165, 1.54) is 16.7 Å². The summed E-state index contributed by atoms with van der Waals surface area (Å²) in [4.78, 5) is 0. The van der Waals surface area contributed by atoms with Gasteiger partial charge >= 0.3 is 0 Å². The molecular weight excluding hydrogens is 252 g/mol. The van der Waals surface area contributed by atoms with Crippen LogP contribution in [0.2, 0.25) is 19.6 Å². The molecule has 104 valence electrons. The highest BCUT2D eigenvalue weighted by atomic mass is 28.4. The molecule has 1 aromatic rings. The van der Waals surface area contributed by atoms with Gasteiger partial charge < -0.3 is 9.16 Å². The Labute approximate surface area is 117 Å². The first-order valence-electron chi connectivity index (χ1n) is 6.85. The standard InChI is InChI=1S/C16H24O2Si/c1-12-9-7-8-10-13(12)14-11-16(2,3)17-15(14)18-19(4,5)6/h7-10H,11H2,1-6H3. The minimum absolute atomic E-state index is 0.174. The van der Waals surface area contributed by atoms with Crippen LogP contribution in [0.4, 0.5) is 0 Å². The van der Waals surface area contributed by atoms with Crippen LogP contribution in [0.3, 0.4) is 0 Å². The molecule has 0 aliphatic carbocycles. The van der Waals surface area contributed by atoms with Crippen molar-refractivity contribution in [3.05, 3.63) is 41.3 Å². The fourth-order valence-corrected chi connectivity index (χ4v) is 3.04. The van der Waals surface area contributed by atoms with Crippen LogP contribution in [0.15, 0.2) is 30.2 Å². The van der Waals surface area contributed by atoms with Crippen molar-refractivity contribution in [3.63, 3.8) is 0 Å². The largest absolute Gasteiger partial charge is 0.519 e. The molecule has 1 aliphatic heterocycles. The average molecular weight is 276 g/mol. The molecule has 0 saturated heterocycles. The zero-order chi connectivity index (χ0) is 14.3. The molecule has 1 heterocycles. The zero-order valence-electron chi connectivity index (χ0n) is 12.8. The van der Waals surface area contributed by atoms with Crippen molar-refractivity contribution in [3.8, 4) is 0 Å². The molecule has 0 saturated carbocycles. The molecule has 0 aromatic heterocycles. The summed E-state index contributed by atoms with van der Waals surface area (Å²) in [5.74, 6) is 0.749. The lowest BCUT2D eigenvalue weighted by Crippen LogP contribution is -2.27. The van der Waals surface area contributed by atoms with Gasteiger partial charge in [-0.1, -0.05) is 24.3 Å². The van der Waals surface area contributed by atoms with E-state index in [1.54, 1.807) is 0 Å². The molecule has 0 radical (unpaired) electrons.